The SMILES string of the molecule is Cc1ccccc1-c1cc(-c2cccc(C3CC4CCC3CC4)c2)cc[n+]1C. The van der Waals surface area contributed by atoms with Gasteiger partial charge < -0.3 is 0 Å². The van der Waals surface area contributed by atoms with Crippen molar-refractivity contribution in [3.8, 4) is 22.4 Å². The second-order valence-electron chi connectivity index (χ2n) is 8.97. The molecule has 0 aliphatic heterocycles. The minimum atomic E-state index is 0.781. The minimum absolute atomic E-state index is 0.781. The Morgan fingerprint density at radius 1 is 0.821 bits per heavy atom. The third-order valence-corrected chi connectivity index (χ3v) is 7.27. The van der Waals surface area contributed by atoms with E-state index < -0.39 is 0 Å². The lowest BCUT2D eigenvalue weighted by molar-refractivity contribution is -0.660. The quantitative estimate of drug-likeness (QED) is 0.468. The highest BCUT2D eigenvalue weighted by molar-refractivity contribution is 5.70. The number of aromatic nitrogens is 1. The highest BCUT2D eigenvalue weighted by Gasteiger charge is 2.36. The Morgan fingerprint density at radius 3 is 2.36 bits per heavy atom. The molecule has 28 heavy (non-hydrogen) atoms. The molecule has 1 heteroatoms. The highest BCUT2D eigenvalue weighted by Crippen LogP contribution is 2.49. The van der Waals surface area contributed by atoms with Gasteiger partial charge in [-0.15, -0.1) is 0 Å². The zero-order valence-electron chi connectivity index (χ0n) is 17.1. The van der Waals surface area contributed by atoms with E-state index in [-0.39, 0.29) is 0 Å². The predicted molar refractivity (Wildman–Crippen MR) is 116 cm³/mol. The summed E-state index contributed by atoms with van der Waals surface area (Å²) in [5, 5.41) is 0. The Kier molecular flexibility index (Phi) is 4.55. The van der Waals surface area contributed by atoms with Crippen molar-refractivity contribution in [2.45, 2.75) is 44.9 Å². The first kappa shape index (κ1) is 17.7. The molecule has 3 aliphatic rings. The standard InChI is InChI=1S/C27H30N/c1-19-6-3-4-9-25(19)27-18-23(14-15-28(27)2)22-7-5-8-24(17-22)26-16-20-10-12-21(26)13-11-20/h3-9,14-15,17-18,20-21,26H,10-13,16H2,1-2H3/q+1. The van der Waals surface area contributed by atoms with E-state index in [9.17, 15) is 0 Å². The van der Waals surface area contributed by atoms with E-state index in [1.54, 1.807) is 5.56 Å². The Labute approximate surface area is 169 Å². The molecule has 3 aromatic rings. The van der Waals surface area contributed by atoms with Crippen molar-refractivity contribution in [2.24, 2.45) is 18.9 Å². The van der Waals surface area contributed by atoms with Crippen molar-refractivity contribution < 1.29 is 4.57 Å². The molecule has 2 aromatic carbocycles. The topological polar surface area (TPSA) is 3.88 Å². The largest absolute Gasteiger partial charge is 0.213 e. The van der Waals surface area contributed by atoms with Crippen LogP contribution in [0.15, 0.2) is 66.9 Å². The lowest BCUT2D eigenvalue weighted by Gasteiger charge is -2.42. The number of nitrogens with zero attached hydrogens (tertiary/aromatic N) is 1. The van der Waals surface area contributed by atoms with E-state index in [0.717, 1.165) is 17.8 Å². The summed E-state index contributed by atoms with van der Waals surface area (Å²) in [6.07, 6.45) is 9.43. The van der Waals surface area contributed by atoms with Gasteiger partial charge in [-0.25, -0.2) is 4.57 Å². The van der Waals surface area contributed by atoms with E-state index >= 15 is 0 Å². The van der Waals surface area contributed by atoms with Crippen LogP contribution in [-0.4, -0.2) is 0 Å². The van der Waals surface area contributed by atoms with Crippen molar-refractivity contribution in [3.63, 3.8) is 0 Å². The van der Waals surface area contributed by atoms with Gasteiger partial charge in [-0.2, -0.15) is 0 Å². The molecule has 1 aromatic heterocycles. The second-order valence-corrected chi connectivity index (χ2v) is 8.97. The summed E-state index contributed by atoms with van der Waals surface area (Å²) in [6, 6.07) is 22.7. The van der Waals surface area contributed by atoms with E-state index in [0.29, 0.717) is 0 Å². The zero-order chi connectivity index (χ0) is 19.1. The Bertz CT molecular complexity index is 995. The average molecular weight is 369 g/mol. The van der Waals surface area contributed by atoms with E-state index in [2.05, 4.69) is 85.4 Å². The van der Waals surface area contributed by atoms with E-state index in [1.807, 2.05) is 0 Å². The molecule has 0 saturated heterocycles. The molecule has 3 saturated carbocycles. The van der Waals surface area contributed by atoms with Crippen LogP contribution in [0.2, 0.25) is 0 Å². The first-order valence-electron chi connectivity index (χ1n) is 10.8. The van der Waals surface area contributed by atoms with Crippen molar-refractivity contribution in [1.29, 1.82) is 0 Å². The van der Waals surface area contributed by atoms with Crippen LogP contribution in [-0.2, 0) is 7.05 Å². The van der Waals surface area contributed by atoms with Gasteiger partial charge in [-0.1, -0.05) is 55.3 Å². The summed E-state index contributed by atoms with van der Waals surface area (Å²) < 4.78 is 2.23. The molecule has 1 atom stereocenters. The number of hydrogen-bond acceptors (Lipinski definition) is 0. The molecule has 6 rings (SSSR count). The summed E-state index contributed by atoms with van der Waals surface area (Å²) in [5.74, 6) is 2.67. The molecule has 3 fully saturated rings. The summed E-state index contributed by atoms with van der Waals surface area (Å²) in [6.45, 7) is 2.20. The lowest BCUT2D eigenvalue weighted by atomic mass is 9.63. The third-order valence-electron chi connectivity index (χ3n) is 7.27. The van der Waals surface area contributed by atoms with E-state index in [1.165, 1.54) is 60.1 Å². The maximum atomic E-state index is 2.47. The maximum Gasteiger partial charge on any atom is 0.213 e. The van der Waals surface area contributed by atoms with Crippen LogP contribution in [0.3, 0.4) is 0 Å². The Balaban J connectivity index is 1.52. The molecule has 1 unspecified atom stereocenters. The fourth-order valence-corrected chi connectivity index (χ4v) is 5.61. The highest BCUT2D eigenvalue weighted by atomic mass is 14.9. The number of benzene rings is 2. The van der Waals surface area contributed by atoms with Crippen LogP contribution in [0.5, 0.6) is 0 Å². The fourth-order valence-electron chi connectivity index (χ4n) is 5.61. The van der Waals surface area contributed by atoms with Crippen molar-refractivity contribution in [1.82, 2.24) is 0 Å². The number of aryl methyl sites for hydroxylation is 2. The minimum Gasteiger partial charge on any atom is -0.201 e. The van der Waals surface area contributed by atoms with Gasteiger partial charge in [0.1, 0.15) is 7.05 Å². The monoisotopic (exact) mass is 368 g/mol. The predicted octanol–water partition coefficient (Wildman–Crippen LogP) is 6.45. The van der Waals surface area contributed by atoms with Crippen molar-refractivity contribution >= 4 is 0 Å². The van der Waals surface area contributed by atoms with Crippen LogP contribution in [0, 0.1) is 18.8 Å². The number of hydrogen-bond donors (Lipinski definition) is 0. The van der Waals surface area contributed by atoms with Gasteiger partial charge in [0.25, 0.3) is 0 Å². The van der Waals surface area contributed by atoms with Gasteiger partial charge in [0, 0.05) is 17.7 Å². The summed E-state index contributed by atoms with van der Waals surface area (Å²) in [7, 11) is 2.14. The van der Waals surface area contributed by atoms with Gasteiger partial charge in [-0.3, -0.25) is 0 Å². The molecular formula is C27H30N+. The summed E-state index contributed by atoms with van der Waals surface area (Å²) >= 11 is 0. The molecule has 0 spiro atoms. The second kappa shape index (κ2) is 7.20. The molecule has 2 bridgehead atoms. The van der Waals surface area contributed by atoms with E-state index in [4.69, 9.17) is 0 Å². The average Bonchev–Trinajstić information content (AvgIpc) is 2.75. The molecule has 1 heterocycles. The van der Waals surface area contributed by atoms with Gasteiger partial charge in [-0.05, 0) is 72.3 Å². The smallest absolute Gasteiger partial charge is 0.201 e. The fraction of sp³-hybridized carbons (Fsp3) is 0.370. The Morgan fingerprint density at radius 2 is 1.61 bits per heavy atom. The maximum absolute atomic E-state index is 2.47. The van der Waals surface area contributed by atoms with Gasteiger partial charge in [0.2, 0.25) is 5.69 Å². The van der Waals surface area contributed by atoms with Crippen molar-refractivity contribution in [2.75, 3.05) is 0 Å². The van der Waals surface area contributed by atoms with Crippen LogP contribution in [0.4, 0.5) is 0 Å². The zero-order valence-corrected chi connectivity index (χ0v) is 17.1. The van der Waals surface area contributed by atoms with Gasteiger partial charge in [0.05, 0.1) is 0 Å². The van der Waals surface area contributed by atoms with Crippen LogP contribution < -0.4 is 4.57 Å². The summed E-state index contributed by atoms with van der Waals surface area (Å²) in [5.41, 5.74) is 8.15. The third kappa shape index (κ3) is 3.17. The first-order chi connectivity index (χ1) is 13.7. The molecule has 1 nitrogen and oxygen atoms in total. The molecule has 0 radical (unpaired) electrons. The number of pyridine rings is 1. The number of rotatable bonds is 3. The van der Waals surface area contributed by atoms with Crippen molar-refractivity contribution in [3.05, 3.63) is 78.0 Å². The number of fused-ring (bicyclic) bond motifs is 3. The molecule has 0 N–H and O–H groups in total. The normalized spacial score (nSPS) is 23.7. The Hall–Kier alpha value is -2.41. The van der Waals surface area contributed by atoms with Crippen LogP contribution in [0.1, 0.15) is 49.1 Å². The molecule has 0 amide bonds. The van der Waals surface area contributed by atoms with Crippen LogP contribution in [0.25, 0.3) is 22.4 Å². The summed E-state index contributed by atoms with van der Waals surface area (Å²) in [4.78, 5) is 0. The van der Waals surface area contributed by atoms with Crippen LogP contribution >= 0.6 is 0 Å². The van der Waals surface area contributed by atoms with Gasteiger partial charge in [0.15, 0.2) is 6.20 Å². The molecule has 3 aliphatic carbocycles. The van der Waals surface area contributed by atoms with Gasteiger partial charge >= 0.3 is 0 Å². The first-order valence-corrected chi connectivity index (χ1v) is 10.8. The lowest BCUT2D eigenvalue weighted by Crippen LogP contribution is -2.30. The molecular weight excluding hydrogens is 338 g/mol. The molecule has 142 valence electrons.